The van der Waals surface area contributed by atoms with Gasteiger partial charge in [-0.1, -0.05) is 30.3 Å². The number of rotatable bonds is 6. The number of aryl methyl sites for hydroxylation is 1. The van der Waals surface area contributed by atoms with Crippen LogP contribution < -0.4 is 4.74 Å². The van der Waals surface area contributed by atoms with Crippen molar-refractivity contribution in [1.29, 1.82) is 0 Å². The summed E-state index contributed by atoms with van der Waals surface area (Å²) in [5.41, 5.74) is 2.55. The van der Waals surface area contributed by atoms with Crippen LogP contribution in [0, 0.1) is 6.92 Å². The summed E-state index contributed by atoms with van der Waals surface area (Å²) in [7, 11) is 7.15. The van der Waals surface area contributed by atoms with Gasteiger partial charge in [0.1, 0.15) is 18.1 Å². The van der Waals surface area contributed by atoms with E-state index in [2.05, 4.69) is 0 Å². The van der Waals surface area contributed by atoms with E-state index in [1.54, 1.807) is 0 Å². The zero-order valence-electron chi connectivity index (χ0n) is 10.2. The third-order valence-electron chi connectivity index (χ3n) is 2.45. The quantitative estimate of drug-likeness (QED) is 0.603. The second-order valence-corrected chi connectivity index (χ2v) is 5.52. The topological polar surface area (TPSA) is 63.6 Å². The van der Waals surface area contributed by atoms with Crippen LogP contribution in [0.25, 0.3) is 0 Å². The smallest absolute Gasteiger partial charge is 0.268 e. The summed E-state index contributed by atoms with van der Waals surface area (Å²) in [5, 5.41) is 0. The molecule has 0 unspecified atom stereocenters. The van der Waals surface area contributed by atoms with Gasteiger partial charge >= 0.3 is 0 Å². The molecular formula is C11H14B2O4S. The van der Waals surface area contributed by atoms with Crippen molar-refractivity contribution in [3.05, 3.63) is 28.8 Å². The molecule has 0 aliphatic heterocycles. The van der Waals surface area contributed by atoms with Gasteiger partial charge in [0.25, 0.3) is 10.1 Å². The normalized spacial score (nSPS) is 11.4. The Morgan fingerprint density at radius 2 is 1.94 bits per heavy atom. The first-order chi connectivity index (χ1) is 8.37. The van der Waals surface area contributed by atoms with Crippen LogP contribution in [0.1, 0.15) is 16.7 Å². The van der Waals surface area contributed by atoms with Gasteiger partial charge in [-0.25, -0.2) is 0 Å². The van der Waals surface area contributed by atoms with E-state index in [-0.39, 0.29) is 12.9 Å². The van der Waals surface area contributed by atoms with Crippen molar-refractivity contribution in [3.8, 4) is 5.75 Å². The second kappa shape index (κ2) is 6.29. The van der Waals surface area contributed by atoms with Crippen LogP contribution in [-0.4, -0.2) is 41.0 Å². The van der Waals surface area contributed by atoms with Crippen LogP contribution in [0.4, 0.5) is 0 Å². The fourth-order valence-electron chi connectivity index (χ4n) is 1.65. The van der Waals surface area contributed by atoms with Gasteiger partial charge in [-0.2, -0.15) is 8.42 Å². The van der Waals surface area contributed by atoms with Crippen molar-refractivity contribution >= 4 is 25.8 Å². The highest BCUT2D eigenvalue weighted by Crippen LogP contribution is 2.25. The summed E-state index contributed by atoms with van der Waals surface area (Å²) < 4.78 is 35.2. The number of ether oxygens (including phenoxy) is 1. The molecule has 4 radical (unpaired) electrons. The molecule has 1 rings (SSSR count). The minimum atomic E-state index is -4.02. The minimum Gasteiger partial charge on any atom is -0.492 e. The average Bonchev–Trinajstić information content (AvgIpc) is 2.29. The van der Waals surface area contributed by atoms with E-state index < -0.39 is 15.9 Å². The maximum Gasteiger partial charge on any atom is 0.268 e. The Labute approximate surface area is 110 Å². The number of hydrogen-bond donors (Lipinski definition) is 1. The fourth-order valence-corrected chi connectivity index (χ4v) is 1.95. The molecule has 4 nitrogen and oxygen atoms in total. The molecule has 7 heteroatoms. The maximum atomic E-state index is 10.6. The van der Waals surface area contributed by atoms with Crippen molar-refractivity contribution in [1.82, 2.24) is 0 Å². The lowest BCUT2D eigenvalue weighted by atomic mass is 9.89. The average molecular weight is 264 g/mol. The Balaban J connectivity index is 2.87. The summed E-state index contributed by atoms with van der Waals surface area (Å²) in [6.07, 6.45) is 0.676. The highest BCUT2D eigenvalue weighted by atomic mass is 32.2. The van der Waals surface area contributed by atoms with Gasteiger partial charge in [0.15, 0.2) is 0 Å². The van der Waals surface area contributed by atoms with Crippen LogP contribution in [0.15, 0.2) is 12.1 Å². The molecule has 0 atom stereocenters. The summed E-state index contributed by atoms with van der Waals surface area (Å²) in [6.45, 7) is 1.72. The third-order valence-corrected chi connectivity index (χ3v) is 3.14. The molecule has 0 saturated carbocycles. The molecule has 0 aliphatic rings. The van der Waals surface area contributed by atoms with Gasteiger partial charge in [0.2, 0.25) is 0 Å². The molecular weight excluding hydrogens is 250 g/mol. The first-order valence-corrected chi connectivity index (χ1v) is 7.08. The molecule has 18 heavy (non-hydrogen) atoms. The van der Waals surface area contributed by atoms with E-state index in [9.17, 15) is 8.42 Å². The lowest BCUT2D eigenvalue weighted by molar-refractivity contribution is 0.331. The summed E-state index contributed by atoms with van der Waals surface area (Å²) >= 11 is 0. The van der Waals surface area contributed by atoms with Gasteiger partial charge < -0.3 is 4.74 Å². The summed E-state index contributed by atoms with van der Waals surface area (Å²) in [6, 6.07) is 3.69. The molecule has 0 amide bonds. The van der Waals surface area contributed by atoms with E-state index in [0.29, 0.717) is 12.1 Å². The summed E-state index contributed by atoms with van der Waals surface area (Å²) in [4.78, 5) is 0. The predicted octanol–water partition coefficient (Wildman–Crippen LogP) is 0.599. The molecule has 0 bridgehead atoms. The monoisotopic (exact) mass is 264 g/mol. The molecule has 1 aromatic rings. The lowest BCUT2D eigenvalue weighted by Gasteiger charge is -2.14. The van der Waals surface area contributed by atoms with Crippen LogP contribution in [0.3, 0.4) is 0 Å². The van der Waals surface area contributed by atoms with E-state index in [1.807, 2.05) is 19.1 Å². The largest absolute Gasteiger partial charge is 0.492 e. The van der Waals surface area contributed by atoms with Crippen LogP contribution in [0.2, 0.25) is 0 Å². The molecule has 0 fully saturated rings. The van der Waals surface area contributed by atoms with Gasteiger partial charge in [-0.15, -0.1) is 0 Å². The molecule has 94 valence electrons. The Hall–Kier alpha value is -0.940. The molecule has 0 spiro atoms. The highest BCUT2D eigenvalue weighted by molar-refractivity contribution is 7.85. The van der Waals surface area contributed by atoms with Gasteiger partial charge in [-0.3, -0.25) is 4.55 Å². The van der Waals surface area contributed by atoms with Crippen molar-refractivity contribution in [3.63, 3.8) is 0 Å². The Kier molecular flexibility index (Phi) is 5.28. The molecule has 1 aromatic carbocycles. The zero-order valence-corrected chi connectivity index (χ0v) is 11.0. The molecule has 0 aliphatic carbocycles. The first kappa shape index (κ1) is 15.1. The van der Waals surface area contributed by atoms with Gasteiger partial charge in [0.05, 0.1) is 15.7 Å². The molecule has 0 aromatic heterocycles. The third kappa shape index (κ3) is 4.38. The van der Waals surface area contributed by atoms with Crippen molar-refractivity contribution < 1.29 is 17.7 Å². The Bertz CT molecular complexity index is 514. The molecule has 0 heterocycles. The van der Waals surface area contributed by atoms with Gasteiger partial charge in [0, 0.05) is 0 Å². The van der Waals surface area contributed by atoms with E-state index in [1.165, 1.54) is 0 Å². The Morgan fingerprint density at radius 1 is 1.28 bits per heavy atom. The minimum absolute atomic E-state index is 0.116. The second-order valence-electron chi connectivity index (χ2n) is 3.94. The molecule has 1 N–H and O–H groups in total. The predicted molar refractivity (Wildman–Crippen MR) is 72.0 cm³/mol. The van der Waals surface area contributed by atoms with Crippen molar-refractivity contribution in [2.75, 3.05) is 12.4 Å². The SMILES string of the molecule is [B]Cc1cc(C)c(OCCS(=O)(=O)O)c(C[B])c1. The lowest BCUT2D eigenvalue weighted by Crippen LogP contribution is -2.14. The van der Waals surface area contributed by atoms with Crippen LogP contribution >= 0.6 is 0 Å². The maximum absolute atomic E-state index is 10.6. The molecule has 0 saturated heterocycles. The standard InChI is InChI=1S/C11H14B2O4S/c1-8-4-9(6-12)5-10(7-13)11(8)17-2-3-18(14,15)16/h4-5H,2-3,6-7H2,1H3,(H,14,15,16). The Morgan fingerprint density at radius 3 is 2.44 bits per heavy atom. The van der Waals surface area contributed by atoms with Gasteiger partial charge in [-0.05, 0) is 18.1 Å². The summed E-state index contributed by atoms with van der Waals surface area (Å²) in [5.74, 6) is 0.105. The van der Waals surface area contributed by atoms with E-state index in [4.69, 9.17) is 25.0 Å². The number of benzene rings is 1. The van der Waals surface area contributed by atoms with Crippen molar-refractivity contribution in [2.45, 2.75) is 19.6 Å². The van der Waals surface area contributed by atoms with E-state index in [0.717, 1.165) is 16.7 Å². The first-order valence-electron chi connectivity index (χ1n) is 5.48. The van der Waals surface area contributed by atoms with Crippen molar-refractivity contribution in [2.24, 2.45) is 0 Å². The number of hydrogen-bond acceptors (Lipinski definition) is 3. The van der Waals surface area contributed by atoms with Crippen LogP contribution in [0.5, 0.6) is 5.75 Å². The zero-order chi connectivity index (χ0) is 13.8. The van der Waals surface area contributed by atoms with E-state index >= 15 is 0 Å². The highest BCUT2D eigenvalue weighted by Gasteiger charge is 2.10. The van der Waals surface area contributed by atoms with Crippen LogP contribution in [-0.2, 0) is 22.8 Å². The fraction of sp³-hybridized carbons (Fsp3) is 0.455.